The predicted octanol–water partition coefficient (Wildman–Crippen LogP) is 2.67. The topological polar surface area (TPSA) is 140 Å². The first-order chi connectivity index (χ1) is 13.4. The molecule has 0 radical (unpaired) electrons. The first-order valence-corrected chi connectivity index (χ1v) is 8.86. The SMILES string of the molecule is O=C1NC(=NN=Cc2cccc([N+](=O)[O-])c2)S[C@H]1Cc1ccc([N+](=O)[O-])cc1. The van der Waals surface area contributed by atoms with E-state index >= 15 is 0 Å². The number of hydrogen-bond donors (Lipinski definition) is 1. The van der Waals surface area contributed by atoms with Gasteiger partial charge in [-0.3, -0.25) is 25.0 Å². The van der Waals surface area contributed by atoms with Crippen molar-refractivity contribution in [3.05, 3.63) is 79.9 Å². The van der Waals surface area contributed by atoms with Crippen LogP contribution in [0.3, 0.4) is 0 Å². The summed E-state index contributed by atoms with van der Waals surface area (Å²) in [5, 5.41) is 31.7. The van der Waals surface area contributed by atoms with Gasteiger partial charge in [0.05, 0.1) is 21.3 Å². The van der Waals surface area contributed by atoms with Crippen LogP contribution in [0, 0.1) is 20.2 Å². The minimum atomic E-state index is -0.501. The summed E-state index contributed by atoms with van der Waals surface area (Å²) < 4.78 is 0. The summed E-state index contributed by atoms with van der Waals surface area (Å²) in [6, 6.07) is 11.9. The summed E-state index contributed by atoms with van der Waals surface area (Å²) in [5.74, 6) is -0.229. The Labute approximate surface area is 162 Å². The monoisotopic (exact) mass is 399 g/mol. The molecule has 0 saturated carbocycles. The van der Waals surface area contributed by atoms with Gasteiger partial charge in [0.25, 0.3) is 11.4 Å². The molecule has 10 nitrogen and oxygen atoms in total. The third-order valence-electron chi connectivity index (χ3n) is 3.78. The number of nitro groups is 2. The summed E-state index contributed by atoms with van der Waals surface area (Å²) in [4.78, 5) is 32.5. The van der Waals surface area contributed by atoms with Crippen LogP contribution in [-0.4, -0.2) is 32.4 Å². The van der Waals surface area contributed by atoms with Crippen molar-refractivity contribution in [2.75, 3.05) is 0 Å². The molecule has 1 atom stereocenters. The minimum absolute atomic E-state index is 0.00925. The van der Waals surface area contributed by atoms with E-state index in [1.807, 2.05) is 0 Å². The molecule has 0 unspecified atom stereocenters. The molecule has 0 spiro atoms. The quantitative estimate of drug-likeness (QED) is 0.450. The van der Waals surface area contributed by atoms with Gasteiger partial charge in [0.2, 0.25) is 5.91 Å². The van der Waals surface area contributed by atoms with E-state index in [4.69, 9.17) is 0 Å². The molecule has 0 aromatic heterocycles. The Kier molecular flexibility index (Phi) is 5.75. The van der Waals surface area contributed by atoms with E-state index in [0.717, 1.165) is 5.56 Å². The molecule has 1 saturated heterocycles. The lowest BCUT2D eigenvalue weighted by Gasteiger charge is -2.04. The van der Waals surface area contributed by atoms with Gasteiger partial charge in [-0.2, -0.15) is 5.10 Å². The Morgan fingerprint density at radius 3 is 2.46 bits per heavy atom. The van der Waals surface area contributed by atoms with Crippen molar-refractivity contribution in [3.8, 4) is 0 Å². The van der Waals surface area contributed by atoms with E-state index in [0.29, 0.717) is 17.2 Å². The normalized spacial score (nSPS) is 17.8. The molecule has 0 bridgehead atoms. The standard InChI is InChI=1S/C17H13N5O5S/c23-16-15(9-11-4-6-13(7-5-11)21(24)25)28-17(19-16)20-18-10-12-2-1-3-14(8-12)22(26)27/h1-8,10,15H,9H2,(H,19,20,23)/t15-/m0/s1. The summed E-state index contributed by atoms with van der Waals surface area (Å²) >= 11 is 1.20. The molecule has 1 N–H and O–H groups in total. The second kappa shape index (κ2) is 8.39. The number of nitro benzene ring substituents is 2. The maximum absolute atomic E-state index is 12.1. The van der Waals surface area contributed by atoms with Crippen molar-refractivity contribution in [2.45, 2.75) is 11.7 Å². The number of amidine groups is 1. The van der Waals surface area contributed by atoms with Crippen LogP contribution in [0.2, 0.25) is 0 Å². The van der Waals surface area contributed by atoms with Gasteiger partial charge in [-0.25, -0.2) is 0 Å². The number of hydrogen-bond acceptors (Lipinski definition) is 8. The lowest BCUT2D eigenvalue weighted by atomic mass is 10.1. The predicted molar refractivity (Wildman–Crippen MR) is 104 cm³/mol. The molecular weight excluding hydrogens is 386 g/mol. The first kappa shape index (κ1) is 19.2. The zero-order valence-corrected chi connectivity index (χ0v) is 15.0. The zero-order valence-electron chi connectivity index (χ0n) is 14.2. The molecule has 1 fully saturated rings. The van der Waals surface area contributed by atoms with Gasteiger partial charge in [0.1, 0.15) is 0 Å². The average Bonchev–Trinajstić information content (AvgIpc) is 3.01. The van der Waals surface area contributed by atoms with Crippen LogP contribution >= 0.6 is 11.8 Å². The van der Waals surface area contributed by atoms with Gasteiger partial charge in [0.15, 0.2) is 5.17 Å². The number of non-ortho nitro benzene ring substituents is 2. The van der Waals surface area contributed by atoms with Crippen LogP contribution in [0.5, 0.6) is 0 Å². The van der Waals surface area contributed by atoms with E-state index in [9.17, 15) is 25.0 Å². The van der Waals surface area contributed by atoms with Gasteiger partial charge < -0.3 is 5.32 Å². The van der Waals surface area contributed by atoms with Crippen LogP contribution < -0.4 is 5.32 Å². The van der Waals surface area contributed by atoms with E-state index in [-0.39, 0.29) is 17.3 Å². The van der Waals surface area contributed by atoms with Crippen molar-refractivity contribution in [1.29, 1.82) is 0 Å². The molecule has 0 aliphatic carbocycles. The molecule has 2 aromatic carbocycles. The van der Waals surface area contributed by atoms with E-state index in [2.05, 4.69) is 15.5 Å². The van der Waals surface area contributed by atoms with Crippen LogP contribution in [0.15, 0.2) is 58.7 Å². The van der Waals surface area contributed by atoms with Crippen molar-refractivity contribution >= 4 is 40.4 Å². The highest BCUT2D eigenvalue weighted by Crippen LogP contribution is 2.24. The van der Waals surface area contributed by atoms with E-state index < -0.39 is 15.1 Å². The second-order valence-electron chi connectivity index (χ2n) is 5.73. The summed E-state index contributed by atoms with van der Waals surface area (Å²) in [5.41, 5.74) is 1.24. The molecule has 2 aromatic rings. The number of carbonyl (C=O) groups excluding carboxylic acids is 1. The molecule has 1 aliphatic rings. The molecule has 3 rings (SSSR count). The van der Waals surface area contributed by atoms with Gasteiger partial charge in [-0.1, -0.05) is 36.0 Å². The van der Waals surface area contributed by atoms with Gasteiger partial charge in [-0.15, -0.1) is 5.10 Å². The second-order valence-corrected chi connectivity index (χ2v) is 6.92. The molecule has 1 amide bonds. The van der Waals surface area contributed by atoms with Crippen molar-refractivity contribution in [2.24, 2.45) is 10.2 Å². The fourth-order valence-corrected chi connectivity index (χ4v) is 3.39. The van der Waals surface area contributed by atoms with Gasteiger partial charge in [-0.05, 0) is 12.0 Å². The van der Waals surface area contributed by atoms with Crippen molar-refractivity contribution in [3.63, 3.8) is 0 Å². The van der Waals surface area contributed by atoms with Gasteiger partial charge >= 0.3 is 0 Å². The summed E-state index contributed by atoms with van der Waals surface area (Å²) in [6.07, 6.45) is 1.75. The van der Waals surface area contributed by atoms with Crippen LogP contribution in [0.1, 0.15) is 11.1 Å². The Bertz CT molecular complexity index is 990. The number of benzene rings is 2. The Hall–Kier alpha value is -3.60. The molecular formula is C17H13N5O5S. The first-order valence-electron chi connectivity index (χ1n) is 7.99. The smallest absolute Gasteiger partial charge is 0.270 e. The lowest BCUT2D eigenvalue weighted by Crippen LogP contribution is -2.25. The molecule has 1 aliphatic heterocycles. The third kappa shape index (κ3) is 4.76. The van der Waals surface area contributed by atoms with Crippen LogP contribution in [0.25, 0.3) is 0 Å². The molecule has 1 heterocycles. The number of nitrogens with zero attached hydrogens (tertiary/aromatic N) is 4. The molecule has 28 heavy (non-hydrogen) atoms. The maximum Gasteiger partial charge on any atom is 0.270 e. The summed E-state index contributed by atoms with van der Waals surface area (Å²) in [7, 11) is 0. The van der Waals surface area contributed by atoms with Crippen LogP contribution in [0.4, 0.5) is 11.4 Å². The highest BCUT2D eigenvalue weighted by molar-refractivity contribution is 8.15. The highest BCUT2D eigenvalue weighted by Gasteiger charge is 2.30. The number of nitrogens with one attached hydrogen (secondary N) is 1. The Morgan fingerprint density at radius 2 is 1.79 bits per heavy atom. The maximum atomic E-state index is 12.1. The highest BCUT2D eigenvalue weighted by atomic mass is 32.2. The summed E-state index contributed by atoms with van der Waals surface area (Å²) in [6.45, 7) is 0. The van der Waals surface area contributed by atoms with E-state index in [1.165, 1.54) is 42.2 Å². The fourth-order valence-electron chi connectivity index (χ4n) is 2.42. The minimum Gasteiger partial charge on any atom is -0.303 e. The number of rotatable bonds is 6. The average molecular weight is 399 g/mol. The van der Waals surface area contributed by atoms with Crippen molar-refractivity contribution < 1.29 is 14.6 Å². The fraction of sp³-hybridized carbons (Fsp3) is 0.118. The largest absolute Gasteiger partial charge is 0.303 e. The molecule has 142 valence electrons. The third-order valence-corrected chi connectivity index (χ3v) is 4.85. The Morgan fingerprint density at radius 1 is 1.07 bits per heavy atom. The van der Waals surface area contributed by atoms with E-state index in [1.54, 1.807) is 24.3 Å². The van der Waals surface area contributed by atoms with Crippen molar-refractivity contribution in [1.82, 2.24) is 5.32 Å². The van der Waals surface area contributed by atoms with Crippen LogP contribution in [-0.2, 0) is 11.2 Å². The lowest BCUT2D eigenvalue weighted by molar-refractivity contribution is -0.385. The Balaban J connectivity index is 1.62. The molecule has 11 heteroatoms. The number of amides is 1. The number of carbonyl (C=O) groups is 1. The van der Waals surface area contributed by atoms with Gasteiger partial charge in [0, 0.05) is 29.8 Å². The number of thioether (sulfide) groups is 1. The zero-order chi connectivity index (χ0) is 20.1.